The van der Waals surface area contributed by atoms with Crippen molar-refractivity contribution in [3.63, 3.8) is 0 Å². The average molecular weight is 501 g/mol. The Hall–Kier alpha value is -3.33. The molecule has 1 aliphatic heterocycles. The van der Waals surface area contributed by atoms with Crippen LogP contribution in [-0.2, 0) is 4.79 Å². The van der Waals surface area contributed by atoms with Crippen LogP contribution < -0.4 is 9.64 Å². The number of amides is 1. The number of carbonyl (C=O) groups excluding carboxylic acids is 2. The molecular weight excluding hydrogens is 487 g/mol. The molecule has 33 heavy (non-hydrogen) atoms. The molecule has 0 saturated heterocycles. The largest absolute Gasteiger partial charge is 0.503 e. The fraction of sp³-hybridized carbons (Fsp3) is 0.0870. The molecule has 0 bridgehead atoms. The summed E-state index contributed by atoms with van der Waals surface area (Å²) in [6.45, 7) is 0. The van der Waals surface area contributed by atoms with Crippen LogP contribution in [-0.4, -0.2) is 28.9 Å². The number of fused-ring (bicyclic) bond motifs is 1. The first-order chi connectivity index (χ1) is 15.9. The number of para-hydroxylation sites is 1. The van der Waals surface area contributed by atoms with E-state index in [-0.39, 0.29) is 16.4 Å². The van der Waals surface area contributed by atoms with Crippen molar-refractivity contribution in [3.05, 3.63) is 86.7 Å². The fourth-order valence-corrected chi connectivity index (χ4v) is 4.78. The summed E-state index contributed by atoms with van der Waals surface area (Å²) in [6, 6.07) is 10.6. The van der Waals surface area contributed by atoms with Crippen LogP contribution in [0.1, 0.15) is 22.2 Å². The minimum absolute atomic E-state index is 0.0464. The first-order valence-corrected chi connectivity index (χ1v) is 11.3. The van der Waals surface area contributed by atoms with Crippen LogP contribution in [0.25, 0.3) is 11.0 Å². The maximum atomic E-state index is 13.6. The number of methoxy groups -OCH3 is 1. The van der Waals surface area contributed by atoms with Gasteiger partial charge in [-0.05, 0) is 29.8 Å². The van der Waals surface area contributed by atoms with Gasteiger partial charge in [-0.1, -0.05) is 41.4 Å². The van der Waals surface area contributed by atoms with Gasteiger partial charge < -0.3 is 14.3 Å². The Morgan fingerprint density at radius 3 is 2.73 bits per heavy atom. The number of aromatic nitrogens is 1. The molecular formula is C23H14Cl2N2O5S. The molecule has 0 spiro atoms. The fourth-order valence-electron chi connectivity index (χ4n) is 3.81. The second-order valence-corrected chi connectivity index (χ2v) is 8.83. The molecule has 1 unspecified atom stereocenters. The quantitative estimate of drug-likeness (QED) is 0.338. The molecule has 0 fully saturated rings. The third kappa shape index (κ3) is 3.47. The molecule has 0 radical (unpaired) electrons. The predicted molar refractivity (Wildman–Crippen MR) is 126 cm³/mol. The van der Waals surface area contributed by atoms with Crippen molar-refractivity contribution in [2.75, 3.05) is 12.0 Å². The van der Waals surface area contributed by atoms with Crippen LogP contribution >= 0.6 is 34.5 Å². The molecule has 10 heteroatoms. The molecule has 1 atom stereocenters. The molecule has 2 aromatic heterocycles. The number of benzene rings is 2. The van der Waals surface area contributed by atoms with Gasteiger partial charge in [-0.2, -0.15) is 0 Å². The number of anilines is 1. The molecule has 166 valence electrons. The highest BCUT2D eigenvalue weighted by Crippen LogP contribution is 2.44. The first-order valence-electron chi connectivity index (χ1n) is 9.63. The maximum absolute atomic E-state index is 13.6. The number of nitrogens with zero attached hydrogens (tertiary/aromatic N) is 2. The van der Waals surface area contributed by atoms with Crippen LogP contribution in [0.4, 0.5) is 5.13 Å². The number of hydrogen-bond acceptors (Lipinski definition) is 7. The van der Waals surface area contributed by atoms with Gasteiger partial charge in [0.05, 0.1) is 28.8 Å². The van der Waals surface area contributed by atoms with Crippen molar-refractivity contribution >= 4 is 62.3 Å². The topological polar surface area (TPSA) is 92.9 Å². The van der Waals surface area contributed by atoms with Gasteiger partial charge in [-0.25, -0.2) is 4.98 Å². The molecule has 1 aliphatic rings. The summed E-state index contributed by atoms with van der Waals surface area (Å²) in [7, 11) is 1.50. The van der Waals surface area contributed by atoms with Crippen molar-refractivity contribution in [1.82, 2.24) is 4.98 Å². The van der Waals surface area contributed by atoms with Gasteiger partial charge in [-0.3, -0.25) is 14.5 Å². The predicted octanol–water partition coefficient (Wildman–Crippen LogP) is 5.99. The van der Waals surface area contributed by atoms with Gasteiger partial charge in [0.1, 0.15) is 0 Å². The maximum Gasteiger partial charge on any atom is 0.296 e. The van der Waals surface area contributed by atoms with E-state index in [1.165, 1.54) is 29.5 Å². The van der Waals surface area contributed by atoms with Crippen LogP contribution in [0.5, 0.6) is 5.75 Å². The zero-order chi connectivity index (χ0) is 23.3. The molecule has 0 saturated carbocycles. The number of furan rings is 1. The number of rotatable bonds is 5. The number of thiazole rings is 1. The SMILES string of the molecule is COc1cccc2cc(C(=O)C3=C(O)C(=O)N(c4nccs4)C3c3ccc(Cl)c(Cl)c3)oc12. The summed E-state index contributed by atoms with van der Waals surface area (Å²) < 4.78 is 11.1. The lowest BCUT2D eigenvalue weighted by Crippen LogP contribution is -2.30. The van der Waals surface area contributed by atoms with E-state index in [4.69, 9.17) is 32.4 Å². The number of aliphatic hydroxyl groups excluding tert-OH is 1. The van der Waals surface area contributed by atoms with Gasteiger partial charge in [0.25, 0.3) is 5.91 Å². The van der Waals surface area contributed by atoms with Crippen LogP contribution in [0.15, 0.2) is 69.8 Å². The van der Waals surface area contributed by atoms with E-state index in [9.17, 15) is 14.7 Å². The molecule has 0 aliphatic carbocycles. The number of ether oxygens (including phenoxy) is 1. The summed E-state index contributed by atoms with van der Waals surface area (Å²) in [4.78, 5) is 32.2. The number of ketones is 1. The summed E-state index contributed by atoms with van der Waals surface area (Å²) in [6.07, 6.45) is 1.53. The highest BCUT2D eigenvalue weighted by atomic mass is 35.5. The van der Waals surface area contributed by atoms with Gasteiger partial charge in [0, 0.05) is 17.0 Å². The first kappa shape index (κ1) is 21.5. The van der Waals surface area contributed by atoms with Crippen molar-refractivity contribution in [3.8, 4) is 5.75 Å². The normalized spacial score (nSPS) is 16.2. The van der Waals surface area contributed by atoms with Crippen LogP contribution in [0.3, 0.4) is 0 Å². The highest BCUT2D eigenvalue weighted by Gasteiger charge is 2.46. The smallest absolute Gasteiger partial charge is 0.296 e. The summed E-state index contributed by atoms with van der Waals surface area (Å²) in [5, 5.41) is 14.0. The molecule has 7 nitrogen and oxygen atoms in total. The lowest BCUT2D eigenvalue weighted by Gasteiger charge is -2.24. The van der Waals surface area contributed by atoms with E-state index in [1.807, 2.05) is 0 Å². The number of carbonyl (C=O) groups is 2. The van der Waals surface area contributed by atoms with Crippen LogP contribution in [0.2, 0.25) is 10.0 Å². The van der Waals surface area contributed by atoms with Gasteiger partial charge in [0.2, 0.25) is 5.78 Å². The standard InChI is InChI=1S/C23H14Cl2N2O5S/c1-31-15-4-2-3-12-10-16(32-21(12)15)19(28)17-18(11-5-6-13(24)14(25)9-11)27(22(30)20(17)29)23-26-7-8-33-23/h2-10,18,29H,1H3. The number of hydrogen-bond donors (Lipinski definition) is 1. The molecule has 1 N–H and O–H groups in total. The zero-order valence-corrected chi connectivity index (χ0v) is 19.2. The third-order valence-corrected chi connectivity index (χ3v) is 6.80. The number of Topliss-reactive ketones (excluding diaryl/α,β-unsaturated/α-hetero) is 1. The monoisotopic (exact) mass is 500 g/mol. The minimum Gasteiger partial charge on any atom is -0.503 e. The Labute approximate surface area is 201 Å². The Bertz CT molecular complexity index is 1440. The van der Waals surface area contributed by atoms with Gasteiger partial charge in [0.15, 0.2) is 28.0 Å². The van der Waals surface area contributed by atoms with Crippen molar-refractivity contribution in [1.29, 1.82) is 0 Å². The summed E-state index contributed by atoms with van der Waals surface area (Å²) in [5.41, 5.74) is 0.719. The Kier molecular flexibility index (Phi) is 5.36. The minimum atomic E-state index is -0.985. The third-order valence-electron chi connectivity index (χ3n) is 5.29. The second-order valence-electron chi connectivity index (χ2n) is 7.15. The van der Waals surface area contributed by atoms with Crippen molar-refractivity contribution in [2.45, 2.75) is 6.04 Å². The second kappa shape index (κ2) is 8.22. The molecule has 2 aromatic carbocycles. The van der Waals surface area contributed by atoms with Gasteiger partial charge in [-0.15, -0.1) is 11.3 Å². The van der Waals surface area contributed by atoms with E-state index >= 15 is 0 Å². The number of halogens is 2. The van der Waals surface area contributed by atoms with Crippen molar-refractivity contribution < 1.29 is 23.8 Å². The van der Waals surface area contributed by atoms with E-state index < -0.39 is 23.5 Å². The number of aliphatic hydroxyl groups is 1. The molecule has 5 rings (SSSR count). The van der Waals surface area contributed by atoms with E-state index in [0.717, 1.165) is 0 Å². The lowest BCUT2D eigenvalue weighted by molar-refractivity contribution is -0.117. The average Bonchev–Trinajstić information content (AvgIpc) is 3.54. The highest BCUT2D eigenvalue weighted by molar-refractivity contribution is 7.13. The van der Waals surface area contributed by atoms with Crippen LogP contribution in [0, 0.1) is 0 Å². The van der Waals surface area contributed by atoms with Crippen molar-refractivity contribution in [2.24, 2.45) is 0 Å². The zero-order valence-electron chi connectivity index (χ0n) is 16.9. The molecule has 3 heterocycles. The van der Waals surface area contributed by atoms with E-state index in [1.54, 1.807) is 47.8 Å². The summed E-state index contributed by atoms with van der Waals surface area (Å²) in [5.74, 6) is -1.67. The Morgan fingerprint density at radius 2 is 2.03 bits per heavy atom. The summed E-state index contributed by atoms with van der Waals surface area (Å²) >= 11 is 13.5. The van der Waals surface area contributed by atoms with E-state index in [2.05, 4.69) is 4.98 Å². The van der Waals surface area contributed by atoms with Gasteiger partial charge >= 0.3 is 0 Å². The molecule has 1 amide bonds. The van der Waals surface area contributed by atoms with E-state index in [0.29, 0.717) is 32.4 Å². The Balaban J connectivity index is 1.67. The Morgan fingerprint density at radius 1 is 1.21 bits per heavy atom. The lowest BCUT2D eigenvalue weighted by atomic mass is 9.95. The molecule has 4 aromatic rings.